The van der Waals surface area contributed by atoms with E-state index in [1.807, 2.05) is 6.92 Å². The summed E-state index contributed by atoms with van der Waals surface area (Å²) in [7, 11) is -3.24. The van der Waals surface area contributed by atoms with E-state index in [0.29, 0.717) is 13.0 Å². The molecule has 0 amide bonds. The first kappa shape index (κ1) is 23.4. The van der Waals surface area contributed by atoms with E-state index in [-0.39, 0.29) is 46.3 Å². The summed E-state index contributed by atoms with van der Waals surface area (Å²) in [5, 5.41) is 0. The van der Waals surface area contributed by atoms with Gasteiger partial charge in [-0.05, 0) is 12.8 Å². The molecule has 0 aliphatic carbocycles. The maximum atomic E-state index is 11.3. The van der Waals surface area contributed by atoms with Crippen LogP contribution in [-0.2, 0) is 14.3 Å². The molecule has 5 heteroatoms. The monoisotopic (exact) mass is 334 g/mol. The minimum absolute atomic E-state index is 0. The molecule has 20 heavy (non-hydrogen) atoms. The zero-order valence-electron chi connectivity index (χ0n) is 15.5. The summed E-state index contributed by atoms with van der Waals surface area (Å²) in [4.78, 5) is 0. The van der Waals surface area contributed by atoms with Crippen LogP contribution in [0, 0.1) is 0 Å². The van der Waals surface area contributed by atoms with Crippen molar-refractivity contribution in [1.82, 2.24) is 0 Å². The fraction of sp³-hybridized carbons (Fsp3) is 1.00. The zero-order chi connectivity index (χ0) is 14.4. The Bertz CT molecular complexity index is 289. The Morgan fingerprint density at radius 2 is 1.20 bits per heavy atom. The van der Waals surface area contributed by atoms with Gasteiger partial charge in [0.2, 0.25) is 0 Å². The molecule has 3 nitrogen and oxygen atoms in total. The quantitative estimate of drug-likeness (QED) is 0.267. The molecule has 0 unspecified atom stereocenters. The third-order valence-electron chi connectivity index (χ3n) is 3.21. The van der Waals surface area contributed by atoms with Crippen molar-refractivity contribution in [1.29, 1.82) is 0 Å². The Balaban J connectivity index is -0.000000540. The second kappa shape index (κ2) is 16.5. The van der Waals surface area contributed by atoms with Crippen LogP contribution in [0.5, 0.6) is 0 Å². The normalized spacial score (nSPS) is 11.3. The maximum absolute atomic E-state index is 11.3. The molecule has 0 rings (SSSR count). The Morgan fingerprint density at radius 3 is 1.65 bits per heavy atom. The van der Waals surface area contributed by atoms with Gasteiger partial charge in [-0.3, -0.25) is 4.18 Å². The van der Waals surface area contributed by atoms with E-state index in [2.05, 4.69) is 6.92 Å². The fourth-order valence-electron chi connectivity index (χ4n) is 2.08. The average molecular weight is 335 g/mol. The second-order valence-electron chi connectivity index (χ2n) is 5.27. The largest absolute Gasteiger partial charge is 2.00 e. The Hall–Kier alpha value is 1.17. The molecule has 0 atom stereocenters. The van der Waals surface area contributed by atoms with Crippen molar-refractivity contribution in [3.05, 3.63) is 0 Å². The van der Waals surface area contributed by atoms with Gasteiger partial charge in [-0.15, -0.1) is 0 Å². The molecule has 0 spiro atoms. The minimum Gasteiger partial charge on any atom is -1.00 e. The minimum atomic E-state index is -3.24. The van der Waals surface area contributed by atoms with E-state index in [0.717, 1.165) is 12.8 Å². The van der Waals surface area contributed by atoms with Crippen molar-refractivity contribution >= 4 is 47.9 Å². The summed E-state index contributed by atoms with van der Waals surface area (Å²) in [6, 6.07) is 0. The van der Waals surface area contributed by atoms with Gasteiger partial charge in [-0.2, -0.15) is 8.42 Å². The molecule has 120 valence electrons. The van der Waals surface area contributed by atoms with Gasteiger partial charge in [0, 0.05) is 0 Å². The van der Waals surface area contributed by atoms with E-state index in [4.69, 9.17) is 4.18 Å². The van der Waals surface area contributed by atoms with Gasteiger partial charge in [0.15, 0.2) is 0 Å². The molecule has 0 aromatic rings. The molecule has 0 radical (unpaired) electrons. The Morgan fingerprint density at radius 1 is 0.750 bits per heavy atom. The van der Waals surface area contributed by atoms with Gasteiger partial charge < -0.3 is 2.85 Å². The predicted molar refractivity (Wildman–Crippen MR) is 89.9 cm³/mol. The fourth-order valence-corrected chi connectivity index (χ4v) is 3.07. The molecule has 0 aromatic carbocycles. The van der Waals surface area contributed by atoms with Gasteiger partial charge in [-0.1, -0.05) is 71.6 Å². The van der Waals surface area contributed by atoms with Crippen molar-refractivity contribution in [3.63, 3.8) is 0 Å². The van der Waals surface area contributed by atoms with Crippen LogP contribution in [-0.4, -0.2) is 58.5 Å². The smallest absolute Gasteiger partial charge is 1.00 e. The summed E-state index contributed by atoms with van der Waals surface area (Å²) in [6.45, 7) is 4.45. The van der Waals surface area contributed by atoms with E-state index >= 15 is 0 Å². The number of unbranched alkanes of at least 4 members (excludes halogenated alkanes) is 9. The molecule has 0 N–H and O–H groups in total. The van der Waals surface area contributed by atoms with Crippen molar-refractivity contribution in [2.45, 2.75) is 84.5 Å². The zero-order valence-corrected chi connectivity index (χ0v) is 16.6. The van der Waals surface area contributed by atoms with Crippen molar-refractivity contribution in [3.8, 4) is 0 Å². The van der Waals surface area contributed by atoms with Gasteiger partial charge in [-0.25, -0.2) is 0 Å². The van der Waals surface area contributed by atoms with Crippen LogP contribution in [0.4, 0.5) is 0 Å². The first-order chi connectivity index (χ1) is 9.12. The van der Waals surface area contributed by atoms with Crippen LogP contribution < -0.4 is 0 Å². The first-order valence-corrected chi connectivity index (χ1v) is 9.57. The molecule has 0 fully saturated rings. The third-order valence-corrected chi connectivity index (χ3v) is 4.65. The molecular formula is C15H34CaO3S. The Labute approximate surface area is 159 Å². The third kappa shape index (κ3) is 17.2. The molecule has 0 aromatic heterocycles. The Kier molecular flexibility index (Phi) is 19.4. The molecule has 0 saturated heterocycles. The van der Waals surface area contributed by atoms with E-state index in [9.17, 15) is 8.42 Å². The second-order valence-corrected chi connectivity index (χ2v) is 7.03. The molecule has 0 saturated carbocycles. The van der Waals surface area contributed by atoms with Gasteiger partial charge in [0.25, 0.3) is 10.1 Å². The summed E-state index contributed by atoms with van der Waals surface area (Å²) in [5.74, 6) is 0.144. The van der Waals surface area contributed by atoms with Crippen LogP contribution in [0.15, 0.2) is 0 Å². The van der Waals surface area contributed by atoms with Crippen LogP contribution in [0.1, 0.15) is 87.3 Å². The molecule has 0 heterocycles. The van der Waals surface area contributed by atoms with E-state index < -0.39 is 10.1 Å². The van der Waals surface area contributed by atoms with E-state index in [1.54, 1.807) is 0 Å². The summed E-state index contributed by atoms with van der Waals surface area (Å²) in [6.07, 6.45) is 13.1. The van der Waals surface area contributed by atoms with Crippen molar-refractivity contribution < 1.29 is 15.5 Å². The summed E-state index contributed by atoms with van der Waals surface area (Å²) in [5.41, 5.74) is 0. The number of hydrogen-bond acceptors (Lipinski definition) is 3. The maximum Gasteiger partial charge on any atom is 2.00 e. The standard InChI is InChI=1S/C15H32O3S.Ca.2H/c1-3-5-6-7-8-9-10-11-12-13-14-18-19(16,17)15-4-2;;;/h3-15H2,1-2H3;;;/q;+2;2*-1. The number of hydrogen-bond donors (Lipinski definition) is 0. The van der Waals surface area contributed by atoms with Gasteiger partial charge >= 0.3 is 37.7 Å². The molecule has 0 bridgehead atoms. The topological polar surface area (TPSA) is 43.4 Å². The van der Waals surface area contributed by atoms with Crippen molar-refractivity contribution in [2.24, 2.45) is 0 Å². The SMILES string of the molecule is CCCCCCCCCCCCOS(=O)(=O)CCC.[Ca+2].[H-].[H-]. The average Bonchev–Trinajstić information content (AvgIpc) is 2.36. The van der Waals surface area contributed by atoms with Crippen LogP contribution in [0.3, 0.4) is 0 Å². The van der Waals surface area contributed by atoms with Gasteiger partial charge in [0.1, 0.15) is 0 Å². The van der Waals surface area contributed by atoms with Crippen LogP contribution in [0.2, 0.25) is 0 Å². The van der Waals surface area contributed by atoms with Crippen LogP contribution in [0.25, 0.3) is 0 Å². The summed E-state index contributed by atoms with van der Waals surface area (Å²) < 4.78 is 27.5. The molecular weight excluding hydrogens is 300 g/mol. The molecule has 0 aliphatic heterocycles. The number of rotatable bonds is 14. The molecule has 0 aliphatic rings. The van der Waals surface area contributed by atoms with E-state index in [1.165, 1.54) is 51.4 Å². The van der Waals surface area contributed by atoms with Crippen molar-refractivity contribution in [2.75, 3.05) is 12.4 Å². The first-order valence-electron chi connectivity index (χ1n) is 7.99. The van der Waals surface area contributed by atoms with Gasteiger partial charge in [0.05, 0.1) is 12.4 Å². The van der Waals surface area contributed by atoms with Crippen LogP contribution >= 0.6 is 0 Å². The predicted octanol–water partition coefficient (Wildman–Crippen LogP) is 4.51. The summed E-state index contributed by atoms with van der Waals surface area (Å²) >= 11 is 0.